The van der Waals surface area contributed by atoms with Gasteiger partial charge in [0.15, 0.2) is 11.3 Å². The molecular weight excluding hydrogens is 372 g/mol. The normalized spacial score (nSPS) is 10.1. The third-order valence-electron chi connectivity index (χ3n) is 3.71. The van der Waals surface area contributed by atoms with Crippen LogP contribution >= 0.6 is 0 Å². The number of hydrogen-bond donors (Lipinski definition) is 1. The first kappa shape index (κ1) is 20.6. The lowest BCUT2D eigenvalue weighted by Crippen LogP contribution is -2.02. The number of benzene rings is 2. The van der Waals surface area contributed by atoms with Gasteiger partial charge in [0.05, 0.1) is 16.7 Å². The van der Waals surface area contributed by atoms with E-state index in [1.165, 1.54) is 12.1 Å². The molecule has 2 aromatic carbocycles. The number of hydrogen-bond acceptors (Lipinski definition) is 8. The summed E-state index contributed by atoms with van der Waals surface area (Å²) in [6.07, 6.45) is 0. The largest absolute Gasteiger partial charge is 0.356 e. The van der Waals surface area contributed by atoms with Crippen molar-refractivity contribution in [2.45, 2.75) is 13.8 Å². The van der Waals surface area contributed by atoms with Crippen LogP contribution in [0.25, 0.3) is 0 Å². The van der Waals surface area contributed by atoms with Crippen LogP contribution < -0.4 is 10.2 Å². The SMILES string of the molecule is CC(=NOc1cc(NC(C#N)=C(C#N)C#N)cc([N+](=O)[O-])c1)c1ccc(C)cc1. The topological polar surface area (TPSA) is 148 Å². The van der Waals surface area contributed by atoms with Crippen molar-refractivity contribution in [3.63, 3.8) is 0 Å². The van der Waals surface area contributed by atoms with Gasteiger partial charge in [0.2, 0.25) is 0 Å². The molecule has 0 spiro atoms. The summed E-state index contributed by atoms with van der Waals surface area (Å²) in [6.45, 7) is 3.68. The zero-order valence-electron chi connectivity index (χ0n) is 15.5. The second-order valence-corrected chi connectivity index (χ2v) is 5.82. The highest BCUT2D eigenvalue weighted by atomic mass is 16.6. The predicted octanol–water partition coefficient (Wildman–Crippen LogP) is 3.94. The number of nitrogens with zero attached hydrogens (tertiary/aromatic N) is 5. The van der Waals surface area contributed by atoms with Gasteiger partial charge in [-0.2, -0.15) is 15.8 Å². The Balaban J connectivity index is 2.37. The molecule has 0 radical (unpaired) electrons. The molecule has 9 nitrogen and oxygen atoms in total. The molecule has 0 heterocycles. The van der Waals surface area contributed by atoms with Gasteiger partial charge >= 0.3 is 0 Å². The van der Waals surface area contributed by atoms with E-state index in [0.29, 0.717) is 5.71 Å². The second-order valence-electron chi connectivity index (χ2n) is 5.82. The van der Waals surface area contributed by atoms with Crippen LogP contribution in [-0.4, -0.2) is 10.6 Å². The van der Waals surface area contributed by atoms with Gasteiger partial charge in [0, 0.05) is 17.8 Å². The van der Waals surface area contributed by atoms with Crippen LogP contribution in [0.4, 0.5) is 11.4 Å². The molecule has 0 aromatic heterocycles. The molecule has 0 aliphatic rings. The lowest BCUT2D eigenvalue weighted by atomic mass is 10.1. The van der Waals surface area contributed by atoms with E-state index in [4.69, 9.17) is 20.6 Å². The molecule has 0 saturated carbocycles. The van der Waals surface area contributed by atoms with Crippen LogP contribution in [0.5, 0.6) is 5.75 Å². The standard InChI is InChI=1S/C20H14N6O3/c1-13-3-5-15(6-4-13)14(2)25-29-19-8-17(7-18(9-19)26(27)28)24-20(12-23)16(10-21)11-22/h3-9,24H,1-2H3. The average molecular weight is 386 g/mol. The minimum Gasteiger partial charge on any atom is -0.356 e. The third-order valence-corrected chi connectivity index (χ3v) is 3.71. The highest BCUT2D eigenvalue weighted by Crippen LogP contribution is 2.27. The van der Waals surface area contributed by atoms with Crippen LogP contribution in [0.2, 0.25) is 0 Å². The summed E-state index contributed by atoms with van der Waals surface area (Å²) < 4.78 is 0. The van der Waals surface area contributed by atoms with Gasteiger partial charge in [0.25, 0.3) is 5.69 Å². The maximum absolute atomic E-state index is 11.2. The van der Waals surface area contributed by atoms with Crippen molar-refractivity contribution in [3.05, 3.63) is 75.0 Å². The first-order valence-corrected chi connectivity index (χ1v) is 8.17. The van der Waals surface area contributed by atoms with Gasteiger partial charge in [-0.3, -0.25) is 10.1 Å². The van der Waals surface area contributed by atoms with Crippen molar-refractivity contribution >= 4 is 17.1 Å². The van der Waals surface area contributed by atoms with Crippen molar-refractivity contribution in [2.24, 2.45) is 5.16 Å². The summed E-state index contributed by atoms with van der Waals surface area (Å²) in [5, 5.41) is 44.7. The Morgan fingerprint density at radius 3 is 2.31 bits per heavy atom. The molecule has 29 heavy (non-hydrogen) atoms. The molecule has 0 aliphatic heterocycles. The second kappa shape index (κ2) is 9.31. The maximum Gasteiger partial charge on any atom is 0.275 e. The Kier molecular flexibility index (Phi) is 6.62. The maximum atomic E-state index is 11.2. The average Bonchev–Trinajstić information content (AvgIpc) is 2.72. The molecule has 0 bridgehead atoms. The molecule has 2 aromatic rings. The van der Waals surface area contributed by atoms with Gasteiger partial charge in [-0.05, 0) is 19.4 Å². The zero-order chi connectivity index (χ0) is 21.4. The summed E-state index contributed by atoms with van der Waals surface area (Å²) in [5.41, 5.74) is 1.46. The third kappa shape index (κ3) is 5.40. The summed E-state index contributed by atoms with van der Waals surface area (Å²) in [4.78, 5) is 15.9. The summed E-state index contributed by atoms with van der Waals surface area (Å²) in [5.74, 6) is 0.0425. The fraction of sp³-hybridized carbons (Fsp3) is 0.100. The summed E-state index contributed by atoms with van der Waals surface area (Å²) in [6, 6.07) is 16.1. The number of oxime groups is 1. The van der Waals surface area contributed by atoms with E-state index in [1.807, 2.05) is 31.2 Å². The molecular formula is C20H14N6O3. The molecule has 0 aliphatic carbocycles. The Hall–Kier alpha value is -4.68. The number of rotatable bonds is 6. The Morgan fingerprint density at radius 1 is 1.10 bits per heavy atom. The van der Waals surface area contributed by atoms with Crippen molar-refractivity contribution in [1.29, 1.82) is 15.8 Å². The van der Waals surface area contributed by atoms with E-state index >= 15 is 0 Å². The van der Waals surface area contributed by atoms with E-state index in [2.05, 4.69) is 10.5 Å². The molecule has 142 valence electrons. The quantitative estimate of drug-likeness (QED) is 0.342. The van der Waals surface area contributed by atoms with Gasteiger partial charge in [-0.1, -0.05) is 35.0 Å². The zero-order valence-corrected chi connectivity index (χ0v) is 15.5. The first-order chi connectivity index (χ1) is 13.9. The van der Waals surface area contributed by atoms with E-state index in [-0.39, 0.29) is 22.8 Å². The summed E-state index contributed by atoms with van der Waals surface area (Å²) >= 11 is 0. The number of anilines is 1. The minimum atomic E-state index is -0.639. The fourth-order valence-electron chi connectivity index (χ4n) is 2.21. The molecule has 0 saturated heterocycles. The molecule has 0 unspecified atom stereocenters. The van der Waals surface area contributed by atoms with Gasteiger partial charge < -0.3 is 10.2 Å². The monoisotopic (exact) mass is 386 g/mol. The lowest BCUT2D eigenvalue weighted by molar-refractivity contribution is -0.384. The molecule has 0 fully saturated rings. The molecule has 1 N–H and O–H groups in total. The first-order valence-electron chi connectivity index (χ1n) is 8.17. The number of nitro benzene ring substituents is 1. The van der Waals surface area contributed by atoms with Crippen LogP contribution in [0, 0.1) is 51.0 Å². The van der Waals surface area contributed by atoms with Gasteiger partial charge in [0.1, 0.15) is 23.9 Å². The van der Waals surface area contributed by atoms with Crippen LogP contribution in [0.15, 0.2) is 58.9 Å². The van der Waals surface area contributed by atoms with E-state index in [9.17, 15) is 10.1 Å². The van der Waals surface area contributed by atoms with Gasteiger partial charge in [-0.15, -0.1) is 0 Å². The number of allylic oxidation sites excluding steroid dienone is 2. The number of nitro groups is 1. The summed E-state index contributed by atoms with van der Waals surface area (Å²) in [7, 11) is 0. The molecule has 2 rings (SSSR count). The minimum absolute atomic E-state index is 0.0425. The number of nitriles is 3. The Labute approximate surface area is 166 Å². The van der Waals surface area contributed by atoms with Crippen LogP contribution in [0.3, 0.4) is 0 Å². The molecule has 9 heteroatoms. The van der Waals surface area contributed by atoms with Gasteiger partial charge in [-0.25, -0.2) is 0 Å². The smallest absolute Gasteiger partial charge is 0.275 e. The molecule has 0 amide bonds. The van der Waals surface area contributed by atoms with E-state index in [1.54, 1.807) is 25.1 Å². The lowest BCUT2D eigenvalue weighted by Gasteiger charge is -2.07. The fourth-order valence-corrected chi connectivity index (χ4v) is 2.21. The molecule has 0 atom stereocenters. The van der Waals surface area contributed by atoms with Crippen LogP contribution in [-0.2, 0) is 0 Å². The van der Waals surface area contributed by atoms with Crippen molar-refractivity contribution < 1.29 is 9.76 Å². The van der Waals surface area contributed by atoms with E-state index < -0.39 is 10.5 Å². The Morgan fingerprint density at radius 2 is 1.76 bits per heavy atom. The highest BCUT2D eigenvalue weighted by molar-refractivity contribution is 5.98. The number of non-ortho nitro benzene ring substituents is 1. The van der Waals surface area contributed by atoms with Crippen molar-refractivity contribution in [3.8, 4) is 24.0 Å². The predicted molar refractivity (Wildman–Crippen MR) is 105 cm³/mol. The van der Waals surface area contributed by atoms with Crippen LogP contribution in [0.1, 0.15) is 18.1 Å². The Bertz CT molecular complexity index is 1110. The number of nitrogens with one attached hydrogen (secondary N) is 1. The number of aryl methyl sites for hydroxylation is 1. The van der Waals surface area contributed by atoms with Crippen molar-refractivity contribution in [2.75, 3.05) is 5.32 Å². The highest BCUT2D eigenvalue weighted by Gasteiger charge is 2.14. The van der Waals surface area contributed by atoms with Crippen molar-refractivity contribution in [1.82, 2.24) is 0 Å². The van der Waals surface area contributed by atoms with E-state index in [0.717, 1.165) is 17.2 Å².